The van der Waals surface area contributed by atoms with Crippen molar-refractivity contribution in [2.24, 2.45) is 0 Å². The highest BCUT2D eigenvalue weighted by atomic mass is 79.9. The second kappa shape index (κ2) is 5.32. The number of aromatic nitrogens is 2. The molecule has 2 aromatic carbocycles. The van der Waals surface area contributed by atoms with Crippen LogP contribution in [-0.4, -0.2) is 9.97 Å². The highest BCUT2D eigenvalue weighted by molar-refractivity contribution is 9.10. The van der Waals surface area contributed by atoms with Gasteiger partial charge in [0.1, 0.15) is 12.1 Å². The van der Waals surface area contributed by atoms with E-state index in [2.05, 4.69) is 25.9 Å². The number of nitrogens with zero attached hydrogens (tertiary/aromatic N) is 4. The topological polar surface area (TPSA) is 73.4 Å². The molecule has 0 unspecified atom stereocenters. The first-order chi connectivity index (χ1) is 10.2. The van der Waals surface area contributed by atoms with Crippen LogP contribution in [0.5, 0.6) is 0 Å². The molecule has 0 amide bonds. The van der Waals surface area contributed by atoms with Gasteiger partial charge in [0, 0.05) is 10.0 Å². The van der Waals surface area contributed by atoms with Crippen LogP contribution in [-0.2, 0) is 0 Å². The zero-order valence-corrected chi connectivity index (χ0v) is 12.3. The Balaban J connectivity index is 2.18. The molecule has 0 N–H and O–H groups in total. The normalized spacial score (nSPS) is 10.0. The molecule has 0 saturated carbocycles. The van der Waals surface area contributed by atoms with E-state index in [0.29, 0.717) is 22.2 Å². The molecule has 0 bridgehead atoms. The molecule has 0 spiro atoms. The van der Waals surface area contributed by atoms with Crippen molar-refractivity contribution >= 4 is 27.0 Å². The number of benzene rings is 2. The van der Waals surface area contributed by atoms with E-state index in [1.54, 1.807) is 18.3 Å². The van der Waals surface area contributed by atoms with Crippen molar-refractivity contribution < 1.29 is 0 Å². The van der Waals surface area contributed by atoms with Crippen LogP contribution in [0.4, 0.5) is 0 Å². The Morgan fingerprint density at radius 2 is 1.52 bits per heavy atom. The molecule has 1 aromatic heterocycles. The van der Waals surface area contributed by atoms with E-state index in [4.69, 9.17) is 10.5 Å². The minimum atomic E-state index is 0.312. The van der Waals surface area contributed by atoms with Gasteiger partial charge < -0.3 is 0 Å². The smallest absolute Gasteiger partial charge is 0.101 e. The van der Waals surface area contributed by atoms with Crippen molar-refractivity contribution in [1.82, 2.24) is 9.97 Å². The third kappa shape index (κ3) is 2.47. The van der Waals surface area contributed by atoms with Crippen molar-refractivity contribution in [1.29, 1.82) is 10.5 Å². The third-order valence-electron chi connectivity index (χ3n) is 3.06. The SMILES string of the molecule is N#Cc1cc2ncc(-c3ccc(Br)cc3)nc2cc1C#N. The van der Waals surface area contributed by atoms with Crippen molar-refractivity contribution in [2.45, 2.75) is 0 Å². The largest absolute Gasteiger partial charge is 0.252 e. The van der Waals surface area contributed by atoms with Crippen LogP contribution in [0, 0.1) is 22.7 Å². The Bertz CT molecular complexity index is 918. The Morgan fingerprint density at radius 3 is 2.14 bits per heavy atom. The van der Waals surface area contributed by atoms with Crippen LogP contribution in [0.1, 0.15) is 11.1 Å². The van der Waals surface area contributed by atoms with E-state index in [1.807, 2.05) is 36.4 Å². The van der Waals surface area contributed by atoms with Crippen molar-refractivity contribution in [3.8, 4) is 23.4 Å². The molecule has 0 atom stereocenters. The van der Waals surface area contributed by atoms with Crippen LogP contribution in [0.2, 0.25) is 0 Å². The second-order valence-corrected chi connectivity index (χ2v) is 5.29. The molecule has 3 aromatic rings. The van der Waals surface area contributed by atoms with E-state index < -0.39 is 0 Å². The van der Waals surface area contributed by atoms with E-state index in [1.165, 1.54) is 0 Å². The summed E-state index contributed by atoms with van der Waals surface area (Å²) in [6.45, 7) is 0. The maximum Gasteiger partial charge on any atom is 0.101 e. The van der Waals surface area contributed by atoms with Crippen molar-refractivity contribution in [3.63, 3.8) is 0 Å². The van der Waals surface area contributed by atoms with Gasteiger partial charge in [0.25, 0.3) is 0 Å². The average molecular weight is 335 g/mol. The van der Waals surface area contributed by atoms with Crippen LogP contribution in [0.3, 0.4) is 0 Å². The van der Waals surface area contributed by atoms with Crippen LogP contribution in [0.15, 0.2) is 47.1 Å². The monoisotopic (exact) mass is 334 g/mol. The number of hydrogen-bond acceptors (Lipinski definition) is 4. The van der Waals surface area contributed by atoms with Crippen molar-refractivity contribution in [2.75, 3.05) is 0 Å². The number of fused-ring (bicyclic) bond motifs is 1. The fourth-order valence-corrected chi connectivity index (χ4v) is 2.27. The molecule has 0 fully saturated rings. The van der Waals surface area contributed by atoms with Gasteiger partial charge in [-0.2, -0.15) is 10.5 Å². The fraction of sp³-hybridized carbons (Fsp3) is 0. The molecule has 4 nitrogen and oxygen atoms in total. The lowest BCUT2D eigenvalue weighted by molar-refractivity contribution is 1.28. The van der Waals surface area contributed by atoms with E-state index >= 15 is 0 Å². The highest BCUT2D eigenvalue weighted by Gasteiger charge is 2.08. The molecular formula is C16H7BrN4. The Labute approximate surface area is 129 Å². The Kier molecular flexibility index (Phi) is 3.35. The Hall–Kier alpha value is -2.76. The van der Waals surface area contributed by atoms with E-state index in [0.717, 1.165) is 15.7 Å². The minimum absolute atomic E-state index is 0.312. The summed E-state index contributed by atoms with van der Waals surface area (Å²) in [5.74, 6) is 0. The summed E-state index contributed by atoms with van der Waals surface area (Å²) >= 11 is 3.39. The molecule has 1 heterocycles. The summed E-state index contributed by atoms with van der Waals surface area (Å²) in [5.41, 5.74) is 3.50. The van der Waals surface area contributed by atoms with Gasteiger partial charge in [0.15, 0.2) is 0 Å². The van der Waals surface area contributed by atoms with E-state index in [9.17, 15) is 0 Å². The van der Waals surface area contributed by atoms with Gasteiger partial charge in [0.05, 0.1) is 34.1 Å². The van der Waals surface area contributed by atoms with Gasteiger partial charge >= 0.3 is 0 Å². The number of hydrogen-bond donors (Lipinski definition) is 0. The minimum Gasteiger partial charge on any atom is -0.252 e. The lowest BCUT2D eigenvalue weighted by Gasteiger charge is -2.04. The van der Waals surface area contributed by atoms with Gasteiger partial charge in [-0.25, -0.2) is 4.98 Å². The summed E-state index contributed by atoms with van der Waals surface area (Å²) in [7, 11) is 0. The second-order valence-electron chi connectivity index (χ2n) is 4.37. The van der Waals surface area contributed by atoms with Gasteiger partial charge in [-0.15, -0.1) is 0 Å². The molecule has 0 saturated heterocycles. The summed E-state index contributed by atoms with van der Waals surface area (Å²) in [4.78, 5) is 8.85. The van der Waals surface area contributed by atoms with Crippen LogP contribution in [0.25, 0.3) is 22.3 Å². The predicted octanol–water partition coefficient (Wildman–Crippen LogP) is 3.80. The molecular weight excluding hydrogens is 328 g/mol. The zero-order chi connectivity index (χ0) is 14.8. The fourth-order valence-electron chi connectivity index (χ4n) is 2.00. The molecule has 0 radical (unpaired) electrons. The summed E-state index contributed by atoms with van der Waals surface area (Å²) < 4.78 is 0.991. The predicted molar refractivity (Wildman–Crippen MR) is 82.1 cm³/mol. The van der Waals surface area contributed by atoms with Crippen molar-refractivity contribution in [3.05, 3.63) is 58.2 Å². The zero-order valence-electron chi connectivity index (χ0n) is 10.7. The molecule has 3 rings (SSSR count). The molecule has 0 aliphatic carbocycles. The molecule has 98 valence electrons. The third-order valence-corrected chi connectivity index (χ3v) is 3.59. The first-order valence-corrected chi connectivity index (χ1v) is 6.87. The highest BCUT2D eigenvalue weighted by Crippen LogP contribution is 2.23. The van der Waals surface area contributed by atoms with Gasteiger partial charge in [-0.05, 0) is 24.3 Å². The van der Waals surface area contributed by atoms with E-state index in [-0.39, 0.29) is 0 Å². The standard InChI is InChI=1S/C16H7BrN4/c17-13-3-1-10(2-4-13)16-9-20-14-5-11(7-18)12(8-19)6-15(14)21-16/h1-6,9H. The maximum atomic E-state index is 9.07. The molecule has 0 aliphatic heterocycles. The van der Waals surface area contributed by atoms with Crippen LogP contribution >= 0.6 is 15.9 Å². The lowest BCUT2D eigenvalue weighted by atomic mass is 10.1. The summed E-state index contributed by atoms with van der Waals surface area (Å²) in [6.07, 6.45) is 1.67. The summed E-state index contributed by atoms with van der Waals surface area (Å²) in [6, 6.07) is 14.9. The van der Waals surface area contributed by atoms with Gasteiger partial charge in [0.2, 0.25) is 0 Å². The molecule has 5 heteroatoms. The maximum absolute atomic E-state index is 9.07. The first-order valence-electron chi connectivity index (χ1n) is 6.08. The van der Waals surface area contributed by atoms with Gasteiger partial charge in [-0.1, -0.05) is 28.1 Å². The van der Waals surface area contributed by atoms with Gasteiger partial charge in [-0.3, -0.25) is 4.98 Å². The molecule has 0 aliphatic rings. The number of rotatable bonds is 1. The lowest BCUT2D eigenvalue weighted by Crippen LogP contribution is -1.92. The summed E-state index contributed by atoms with van der Waals surface area (Å²) in [5, 5.41) is 18.1. The van der Waals surface area contributed by atoms with Crippen LogP contribution < -0.4 is 0 Å². The number of halogens is 1. The number of nitriles is 2. The average Bonchev–Trinajstić information content (AvgIpc) is 2.53. The quantitative estimate of drug-likeness (QED) is 0.678. The first kappa shape index (κ1) is 13.2. The molecule has 21 heavy (non-hydrogen) atoms. The Morgan fingerprint density at radius 1 is 0.905 bits per heavy atom.